The molecule has 0 aliphatic heterocycles. The Labute approximate surface area is 108 Å². The van der Waals surface area contributed by atoms with E-state index in [1.54, 1.807) is 0 Å². The molecule has 0 spiro atoms. The van der Waals surface area contributed by atoms with Crippen LogP contribution in [0.4, 0.5) is 13.2 Å². The van der Waals surface area contributed by atoms with Gasteiger partial charge < -0.3 is 9.47 Å². The van der Waals surface area contributed by atoms with Crippen LogP contribution in [0.15, 0.2) is 16.6 Å². The van der Waals surface area contributed by atoms with Gasteiger partial charge in [0, 0.05) is 0 Å². The van der Waals surface area contributed by atoms with E-state index in [1.165, 1.54) is 6.07 Å². The van der Waals surface area contributed by atoms with Crippen molar-refractivity contribution >= 4 is 21.9 Å². The van der Waals surface area contributed by atoms with Crippen molar-refractivity contribution in [1.82, 2.24) is 0 Å². The van der Waals surface area contributed by atoms with Crippen molar-refractivity contribution in [2.45, 2.75) is 6.36 Å². The summed E-state index contributed by atoms with van der Waals surface area (Å²) in [7, 11) is 1.08. The summed E-state index contributed by atoms with van der Waals surface area (Å²) in [5, 5.41) is 8.69. The number of carbonyl (C=O) groups excluding carboxylic acids is 1. The Bertz CT molecular complexity index is 522. The first-order valence-electron chi connectivity index (χ1n) is 4.36. The molecule has 0 fully saturated rings. The standard InChI is InChI=1S/C10H5BrF3NO3/c1-17-9(16)6-3-2-5(4-15)8(7(6)11)18-10(12,13)14/h2-3H,1H3. The molecule has 0 aliphatic carbocycles. The molecule has 4 nitrogen and oxygen atoms in total. The number of methoxy groups -OCH3 is 1. The van der Waals surface area contributed by atoms with Crippen molar-refractivity contribution < 1.29 is 27.4 Å². The van der Waals surface area contributed by atoms with Crippen molar-refractivity contribution in [3.8, 4) is 11.8 Å². The lowest BCUT2D eigenvalue weighted by Crippen LogP contribution is -2.19. The number of hydrogen-bond acceptors (Lipinski definition) is 4. The molecule has 1 aromatic rings. The molecule has 0 bridgehead atoms. The van der Waals surface area contributed by atoms with Crippen molar-refractivity contribution in [2.24, 2.45) is 0 Å². The van der Waals surface area contributed by atoms with Gasteiger partial charge in [0.1, 0.15) is 6.07 Å². The van der Waals surface area contributed by atoms with Gasteiger partial charge in [0.15, 0.2) is 5.75 Å². The highest BCUT2D eigenvalue weighted by Crippen LogP contribution is 2.36. The Morgan fingerprint density at radius 1 is 1.44 bits per heavy atom. The molecule has 18 heavy (non-hydrogen) atoms. The molecule has 0 amide bonds. The topological polar surface area (TPSA) is 59.3 Å². The maximum atomic E-state index is 12.2. The molecule has 8 heteroatoms. The highest BCUT2D eigenvalue weighted by atomic mass is 79.9. The number of ether oxygens (including phenoxy) is 2. The van der Waals surface area contributed by atoms with Crippen molar-refractivity contribution in [1.29, 1.82) is 5.26 Å². The SMILES string of the molecule is COC(=O)c1ccc(C#N)c(OC(F)(F)F)c1Br. The monoisotopic (exact) mass is 323 g/mol. The van der Waals surface area contributed by atoms with Gasteiger partial charge in [-0.15, -0.1) is 13.2 Å². The minimum absolute atomic E-state index is 0.171. The Morgan fingerprint density at radius 3 is 2.50 bits per heavy atom. The first kappa shape index (κ1) is 14.3. The molecule has 0 saturated carbocycles. The van der Waals surface area contributed by atoms with Crippen LogP contribution in [0.5, 0.6) is 5.75 Å². The average molecular weight is 324 g/mol. The maximum Gasteiger partial charge on any atom is 0.573 e. The second-order valence-corrected chi connectivity index (χ2v) is 3.75. The molecule has 1 rings (SSSR count). The number of nitriles is 1. The van der Waals surface area contributed by atoms with Crippen molar-refractivity contribution in [3.63, 3.8) is 0 Å². The number of benzene rings is 1. The highest BCUT2D eigenvalue weighted by Gasteiger charge is 2.34. The van der Waals surface area contributed by atoms with Gasteiger partial charge >= 0.3 is 12.3 Å². The smallest absolute Gasteiger partial charge is 0.465 e. The van der Waals surface area contributed by atoms with Crippen molar-refractivity contribution in [3.05, 3.63) is 27.7 Å². The largest absolute Gasteiger partial charge is 0.573 e. The van der Waals surface area contributed by atoms with E-state index >= 15 is 0 Å². The molecule has 0 N–H and O–H groups in total. The summed E-state index contributed by atoms with van der Waals surface area (Å²) in [6, 6.07) is 3.74. The number of alkyl halides is 3. The van der Waals surface area contributed by atoms with Crippen LogP contribution >= 0.6 is 15.9 Å². The van der Waals surface area contributed by atoms with Gasteiger partial charge in [0.2, 0.25) is 0 Å². The van der Waals surface area contributed by atoms with Gasteiger partial charge in [-0.3, -0.25) is 0 Å². The summed E-state index contributed by atoms with van der Waals surface area (Å²) in [6.45, 7) is 0. The average Bonchev–Trinajstić information content (AvgIpc) is 2.29. The number of carbonyl (C=O) groups is 1. The van der Waals surface area contributed by atoms with Crippen LogP contribution in [-0.2, 0) is 4.74 Å². The van der Waals surface area contributed by atoms with Crippen LogP contribution in [0.3, 0.4) is 0 Å². The summed E-state index contributed by atoms with van der Waals surface area (Å²) >= 11 is 2.79. The zero-order valence-corrected chi connectivity index (χ0v) is 10.4. The third-order valence-corrected chi connectivity index (χ3v) is 2.63. The fourth-order valence-corrected chi connectivity index (χ4v) is 1.72. The minimum atomic E-state index is -4.97. The Hall–Kier alpha value is -1.75. The van der Waals surface area contributed by atoms with Gasteiger partial charge in [0.05, 0.1) is 22.7 Å². The van der Waals surface area contributed by atoms with Crippen LogP contribution in [-0.4, -0.2) is 19.4 Å². The van der Waals surface area contributed by atoms with Crippen molar-refractivity contribution in [2.75, 3.05) is 7.11 Å². The summed E-state index contributed by atoms with van der Waals surface area (Å²) in [5.74, 6) is -1.62. The Balaban J connectivity index is 3.37. The number of hydrogen-bond donors (Lipinski definition) is 0. The van der Waals surface area contributed by atoms with Crippen LogP contribution < -0.4 is 4.74 Å². The number of nitrogens with zero attached hydrogens (tertiary/aromatic N) is 1. The molecular formula is C10H5BrF3NO3. The van der Waals surface area contributed by atoms with Crippen LogP contribution in [0.1, 0.15) is 15.9 Å². The summed E-state index contributed by atoms with van der Waals surface area (Å²) in [4.78, 5) is 11.3. The van der Waals surface area contributed by atoms with E-state index in [-0.39, 0.29) is 15.6 Å². The molecule has 1 aromatic carbocycles. The fraction of sp³-hybridized carbons (Fsp3) is 0.200. The fourth-order valence-electron chi connectivity index (χ4n) is 1.13. The van der Waals surface area contributed by atoms with Gasteiger partial charge in [-0.05, 0) is 28.1 Å². The molecule has 0 saturated heterocycles. The molecule has 96 valence electrons. The third-order valence-electron chi connectivity index (χ3n) is 1.84. The molecule has 0 radical (unpaired) electrons. The lowest BCUT2D eigenvalue weighted by Gasteiger charge is -2.13. The zero-order valence-electron chi connectivity index (χ0n) is 8.84. The second-order valence-electron chi connectivity index (χ2n) is 2.95. The number of halogens is 4. The predicted octanol–water partition coefficient (Wildman–Crippen LogP) is 3.01. The summed E-state index contributed by atoms with van der Waals surface area (Å²) < 4.78 is 44.4. The van der Waals surface area contributed by atoms with Gasteiger partial charge in [-0.2, -0.15) is 5.26 Å². The summed E-state index contributed by atoms with van der Waals surface area (Å²) in [5.41, 5.74) is -0.525. The molecule has 0 atom stereocenters. The van der Waals surface area contributed by atoms with Crippen LogP contribution in [0, 0.1) is 11.3 Å². The second kappa shape index (κ2) is 5.27. The van der Waals surface area contributed by atoms with E-state index in [9.17, 15) is 18.0 Å². The molecule has 0 unspecified atom stereocenters. The van der Waals surface area contributed by atoms with Crippen LogP contribution in [0.25, 0.3) is 0 Å². The van der Waals surface area contributed by atoms with E-state index in [1.807, 2.05) is 0 Å². The van der Waals surface area contributed by atoms with Crippen LogP contribution in [0.2, 0.25) is 0 Å². The number of esters is 1. The minimum Gasteiger partial charge on any atom is -0.465 e. The molecule has 0 aliphatic rings. The van der Waals surface area contributed by atoms with Gasteiger partial charge in [0.25, 0.3) is 0 Å². The van der Waals surface area contributed by atoms with E-state index in [4.69, 9.17) is 5.26 Å². The number of rotatable bonds is 2. The third kappa shape index (κ3) is 3.13. The molecule has 0 aromatic heterocycles. The normalized spacial score (nSPS) is 10.7. The molecular weight excluding hydrogens is 319 g/mol. The zero-order chi connectivity index (χ0) is 13.9. The predicted molar refractivity (Wildman–Crippen MR) is 56.9 cm³/mol. The summed E-state index contributed by atoms with van der Waals surface area (Å²) in [6.07, 6.45) is -4.97. The van der Waals surface area contributed by atoms with E-state index in [2.05, 4.69) is 25.4 Å². The quantitative estimate of drug-likeness (QED) is 0.785. The van der Waals surface area contributed by atoms with E-state index in [0.29, 0.717) is 0 Å². The Kier molecular flexibility index (Phi) is 4.19. The lowest BCUT2D eigenvalue weighted by molar-refractivity contribution is -0.275. The van der Waals surface area contributed by atoms with Gasteiger partial charge in [-0.25, -0.2) is 4.79 Å². The maximum absolute atomic E-state index is 12.2. The highest BCUT2D eigenvalue weighted by molar-refractivity contribution is 9.10. The molecule has 0 heterocycles. The first-order chi connectivity index (χ1) is 8.30. The van der Waals surface area contributed by atoms with E-state index < -0.39 is 18.1 Å². The van der Waals surface area contributed by atoms with Gasteiger partial charge in [-0.1, -0.05) is 0 Å². The Morgan fingerprint density at radius 2 is 2.06 bits per heavy atom. The van der Waals surface area contributed by atoms with E-state index in [0.717, 1.165) is 19.2 Å². The first-order valence-corrected chi connectivity index (χ1v) is 5.16. The lowest BCUT2D eigenvalue weighted by atomic mass is 10.1.